The van der Waals surface area contributed by atoms with E-state index in [0.29, 0.717) is 18.8 Å². The molecule has 6 heteroatoms. The van der Waals surface area contributed by atoms with Crippen molar-refractivity contribution in [2.24, 2.45) is 0 Å². The Morgan fingerprint density at radius 2 is 1.83 bits per heavy atom. The van der Waals surface area contributed by atoms with Gasteiger partial charge in [0.15, 0.2) is 0 Å². The van der Waals surface area contributed by atoms with Gasteiger partial charge in [0.1, 0.15) is 23.1 Å². The highest BCUT2D eigenvalue weighted by molar-refractivity contribution is 5.48. The van der Waals surface area contributed by atoms with Crippen molar-refractivity contribution in [3.63, 3.8) is 0 Å². The first-order valence-electron chi connectivity index (χ1n) is 8.59. The SMILES string of the molecule is Fc1ccc(F)c(N2CCN(Cc3noc4c3CCCC4)CC2)c1. The van der Waals surface area contributed by atoms with Gasteiger partial charge in [-0.05, 0) is 31.4 Å². The Balaban J connectivity index is 1.40. The van der Waals surface area contributed by atoms with Gasteiger partial charge in [0.2, 0.25) is 0 Å². The molecule has 4 nitrogen and oxygen atoms in total. The van der Waals surface area contributed by atoms with Crippen molar-refractivity contribution in [2.45, 2.75) is 32.2 Å². The molecule has 4 rings (SSSR count). The number of fused-ring (bicyclic) bond motifs is 1. The first kappa shape index (κ1) is 15.6. The lowest BCUT2D eigenvalue weighted by Gasteiger charge is -2.36. The van der Waals surface area contributed by atoms with Crippen molar-refractivity contribution in [2.75, 3.05) is 31.1 Å². The van der Waals surface area contributed by atoms with Crippen LogP contribution in [0.3, 0.4) is 0 Å². The monoisotopic (exact) mass is 333 g/mol. The van der Waals surface area contributed by atoms with E-state index in [0.717, 1.165) is 50.0 Å². The largest absolute Gasteiger partial charge is 0.367 e. The summed E-state index contributed by atoms with van der Waals surface area (Å²) in [6.07, 6.45) is 4.44. The number of halogens is 2. The van der Waals surface area contributed by atoms with Gasteiger partial charge in [-0.2, -0.15) is 0 Å². The summed E-state index contributed by atoms with van der Waals surface area (Å²) in [4.78, 5) is 4.22. The molecule has 2 aliphatic rings. The maximum atomic E-state index is 13.9. The van der Waals surface area contributed by atoms with Crippen LogP contribution >= 0.6 is 0 Å². The fraction of sp³-hybridized carbons (Fsp3) is 0.500. The maximum Gasteiger partial charge on any atom is 0.146 e. The standard InChI is InChI=1S/C18H21F2N3O/c19-13-5-6-15(20)17(11-13)23-9-7-22(8-10-23)12-16-14-3-1-2-4-18(14)24-21-16/h5-6,11H,1-4,7-10,12H2. The van der Waals surface area contributed by atoms with Gasteiger partial charge in [0, 0.05) is 50.8 Å². The van der Waals surface area contributed by atoms with Gasteiger partial charge >= 0.3 is 0 Å². The maximum absolute atomic E-state index is 13.9. The van der Waals surface area contributed by atoms with E-state index in [4.69, 9.17) is 4.52 Å². The summed E-state index contributed by atoms with van der Waals surface area (Å²) in [5, 5.41) is 4.25. The van der Waals surface area contributed by atoms with E-state index in [1.807, 2.05) is 4.90 Å². The van der Waals surface area contributed by atoms with Crippen molar-refractivity contribution < 1.29 is 13.3 Å². The van der Waals surface area contributed by atoms with E-state index in [2.05, 4.69) is 10.1 Å². The van der Waals surface area contributed by atoms with E-state index in [-0.39, 0.29) is 5.82 Å². The van der Waals surface area contributed by atoms with Gasteiger partial charge in [0.05, 0.1) is 5.69 Å². The number of aromatic nitrogens is 1. The molecule has 1 aromatic carbocycles. The fourth-order valence-corrected chi connectivity index (χ4v) is 3.66. The smallest absolute Gasteiger partial charge is 0.146 e. The van der Waals surface area contributed by atoms with Crippen molar-refractivity contribution in [3.05, 3.63) is 46.9 Å². The van der Waals surface area contributed by atoms with Crippen molar-refractivity contribution in [1.82, 2.24) is 10.1 Å². The molecule has 0 amide bonds. The Kier molecular flexibility index (Phi) is 4.22. The predicted molar refractivity (Wildman–Crippen MR) is 87.0 cm³/mol. The fourth-order valence-electron chi connectivity index (χ4n) is 3.66. The number of hydrogen-bond acceptors (Lipinski definition) is 4. The molecule has 1 saturated heterocycles. The third-order valence-corrected chi connectivity index (χ3v) is 5.03. The van der Waals surface area contributed by atoms with Crippen molar-refractivity contribution in [3.8, 4) is 0 Å². The molecule has 1 aliphatic heterocycles. The van der Waals surface area contributed by atoms with Gasteiger partial charge in [0.25, 0.3) is 0 Å². The highest BCUT2D eigenvalue weighted by Crippen LogP contribution is 2.26. The molecule has 0 atom stereocenters. The minimum absolute atomic E-state index is 0.355. The molecule has 128 valence electrons. The van der Waals surface area contributed by atoms with E-state index < -0.39 is 5.82 Å². The molecule has 0 radical (unpaired) electrons. The second kappa shape index (κ2) is 6.51. The van der Waals surface area contributed by atoms with Crippen LogP contribution in [0.25, 0.3) is 0 Å². The lowest BCUT2D eigenvalue weighted by molar-refractivity contribution is 0.240. The van der Waals surface area contributed by atoms with Crippen LogP contribution in [0, 0.1) is 11.6 Å². The van der Waals surface area contributed by atoms with E-state index in [1.54, 1.807) is 0 Å². The third-order valence-electron chi connectivity index (χ3n) is 5.03. The molecule has 0 saturated carbocycles. The number of rotatable bonds is 3. The Hall–Kier alpha value is -1.95. The van der Waals surface area contributed by atoms with Gasteiger partial charge in [-0.15, -0.1) is 0 Å². The minimum atomic E-state index is -0.400. The second-order valence-electron chi connectivity index (χ2n) is 6.60. The van der Waals surface area contributed by atoms with Gasteiger partial charge in [-0.1, -0.05) is 5.16 Å². The Morgan fingerprint density at radius 1 is 1.04 bits per heavy atom. The molecule has 0 unspecified atom stereocenters. The summed E-state index contributed by atoms with van der Waals surface area (Å²) in [6.45, 7) is 3.74. The quantitative estimate of drug-likeness (QED) is 0.864. The van der Waals surface area contributed by atoms with Crippen LogP contribution in [0.2, 0.25) is 0 Å². The first-order valence-corrected chi connectivity index (χ1v) is 8.59. The van der Waals surface area contributed by atoms with Crippen LogP contribution in [0.5, 0.6) is 0 Å². The topological polar surface area (TPSA) is 32.5 Å². The molecule has 0 spiro atoms. The first-order chi connectivity index (χ1) is 11.7. The van der Waals surface area contributed by atoms with Crippen LogP contribution < -0.4 is 4.90 Å². The molecule has 24 heavy (non-hydrogen) atoms. The average Bonchev–Trinajstić information content (AvgIpc) is 3.01. The Bertz CT molecular complexity index is 723. The number of anilines is 1. The molecular weight excluding hydrogens is 312 g/mol. The van der Waals surface area contributed by atoms with E-state index in [9.17, 15) is 8.78 Å². The zero-order chi connectivity index (χ0) is 16.5. The summed E-state index contributed by atoms with van der Waals surface area (Å²) in [7, 11) is 0. The third kappa shape index (κ3) is 3.02. The lowest BCUT2D eigenvalue weighted by Crippen LogP contribution is -2.46. The number of aryl methyl sites for hydroxylation is 1. The van der Waals surface area contributed by atoms with Crippen molar-refractivity contribution >= 4 is 5.69 Å². The number of benzene rings is 1. The van der Waals surface area contributed by atoms with Crippen molar-refractivity contribution in [1.29, 1.82) is 0 Å². The molecule has 2 heterocycles. The minimum Gasteiger partial charge on any atom is -0.367 e. The van der Waals surface area contributed by atoms with E-state index >= 15 is 0 Å². The van der Waals surface area contributed by atoms with Gasteiger partial charge in [-0.3, -0.25) is 4.90 Å². The summed E-state index contributed by atoms with van der Waals surface area (Å²) in [6, 6.07) is 3.63. The summed E-state index contributed by atoms with van der Waals surface area (Å²) in [5.41, 5.74) is 2.70. The van der Waals surface area contributed by atoms with Crippen LogP contribution in [0.15, 0.2) is 22.7 Å². The van der Waals surface area contributed by atoms with Crippen LogP contribution in [-0.4, -0.2) is 36.2 Å². The number of hydrogen-bond donors (Lipinski definition) is 0. The average molecular weight is 333 g/mol. The number of nitrogens with zero attached hydrogens (tertiary/aromatic N) is 3. The van der Waals surface area contributed by atoms with Crippen LogP contribution in [-0.2, 0) is 19.4 Å². The predicted octanol–water partition coefficient (Wildman–Crippen LogP) is 3.15. The van der Waals surface area contributed by atoms with E-state index in [1.165, 1.54) is 30.5 Å². The molecule has 1 fully saturated rings. The molecule has 1 aromatic heterocycles. The molecule has 2 aromatic rings. The highest BCUT2D eigenvalue weighted by atomic mass is 19.1. The zero-order valence-corrected chi connectivity index (χ0v) is 13.6. The van der Waals surface area contributed by atoms with Crippen LogP contribution in [0.4, 0.5) is 14.5 Å². The van der Waals surface area contributed by atoms with Crippen LogP contribution in [0.1, 0.15) is 29.9 Å². The second-order valence-corrected chi connectivity index (χ2v) is 6.60. The molecular formula is C18H21F2N3O. The lowest BCUT2D eigenvalue weighted by atomic mass is 9.96. The Labute approximate surface area is 140 Å². The molecule has 1 aliphatic carbocycles. The molecule has 0 N–H and O–H groups in total. The highest BCUT2D eigenvalue weighted by Gasteiger charge is 2.24. The number of piperazine rings is 1. The molecule has 0 bridgehead atoms. The Morgan fingerprint density at radius 3 is 2.67 bits per heavy atom. The normalized spacial score (nSPS) is 18.7. The van der Waals surface area contributed by atoms with Gasteiger partial charge < -0.3 is 9.42 Å². The zero-order valence-electron chi connectivity index (χ0n) is 13.6. The summed E-state index contributed by atoms with van der Waals surface area (Å²) in [5.74, 6) is 0.287. The van der Waals surface area contributed by atoms with Gasteiger partial charge in [-0.25, -0.2) is 8.78 Å². The summed E-state index contributed by atoms with van der Waals surface area (Å²) < 4.78 is 32.7. The summed E-state index contributed by atoms with van der Waals surface area (Å²) >= 11 is 0.